The predicted molar refractivity (Wildman–Crippen MR) is 158 cm³/mol. The second-order valence-electron chi connectivity index (χ2n) is 13.2. The molecule has 0 radical (unpaired) electrons. The number of benzene rings is 2. The molecule has 3 aromatic rings. The molecule has 2 amide bonds. The van der Waals surface area contributed by atoms with Crippen molar-refractivity contribution in [1.29, 1.82) is 0 Å². The number of hydrogen-bond acceptors (Lipinski definition) is 5. The number of nitrogens with one attached hydrogen (secondary N) is 2. The van der Waals surface area contributed by atoms with E-state index in [4.69, 9.17) is 10.5 Å². The van der Waals surface area contributed by atoms with E-state index in [1.165, 1.54) is 12.1 Å². The molecule has 1 aliphatic heterocycles. The van der Waals surface area contributed by atoms with Crippen LogP contribution in [0.15, 0.2) is 36.4 Å². The molecular weight excluding hydrogens is 523 g/mol. The third-order valence-corrected chi connectivity index (χ3v) is 7.94. The van der Waals surface area contributed by atoms with Gasteiger partial charge in [-0.3, -0.25) is 14.2 Å². The van der Waals surface area contributed by atoms with E-state index in [0.717, 1.165) is 47.9 Å². The zero-order valence-corrected chi connectivity index (χ0v) is 24.4. The molecule has 8 nitrogen and oxygen atoms in total. The molecule has 1 saturated carbocycles. The molecule has 1 fully saturated rings. The van der Waals surface area contributed by atoms with Crippen LogP contribution in [0.3, 0.4) is 0 Å². The molecule has 1 aliphatic carbocycles. The average molecular weight is 563 g/mol. The molecule has 2 aromatic carbocycles. The molecule has 2 aliphatic rings. The number of nitrogens with zero attached hydrogens (tertiary/aromatic N) is 1. The van der Waals surface area contributed by atoms with Crippen molar-refractivity contribution in [3.63, 3.8) is 0 Å². The van der Waals surface area contributed by atoms with E-state index in [0.29, 0.717) is 29.6 Å². The Balaban J connectivity index is 1.44. The lowest BCUT2D eigenvalue weighted by Crippen LogP contribution is -2.42. The molecule has 0 atom stereocenters. The van der Waals surface area contributed by atoms with E-state index >= 15 is 0 Å². The number of amides is 2. The minimum atomic E-state index is -0.555. The number of rotatable bonds is 5. The monoisotopic (exact) mass is 562 g/mol. The minimum absolute atomic E-state index is 0.0189. The van der Waals surface area contributed by atoms with Crippen LogP contribution in [0.4, 0.5) is 14.9 Å². The van der Waals surface area contributed by atoms with Gasteiger partial charge < -0.3 is 21.1 Å². The molecule has 9 heteroatoms. The van der Waals surface area contributed by atoms with Gasteiger partial charge in [0, 0.05) is 40.8 Å². The highest BCUT2D eigenvalue weighted by Gasteiger charge is 2.35. The van der Waals surface area contributed by atoms with Crippen molar-refractivity contribution in [1.82, 2.24) is 9.88 Å². The van der Waals surface area contributed by atoms with Gasteiger partial charge in [0.15, 0.2) is 0 Å². The third-order valence-electron chi connectivity index (χ3n) is 7.94. The summed E-state index contributed by atoms with van der Waals surface area (Å²) in [6.07, 6.45) is 3.72. The smallest absolute Gasteiger partial charge is 0.407 e. The lowest BCUT2D eigenvalue weighted by Gasteiger charge is -2.32. The summed E-state index contributed by atoms with van der Waals surface area (Å²) in [5, 5.41) is 7.28. The Morgan fingerprint density at radius 2 is 1.71 bits per heavy atom. The molecule has 0 spiro atoms. The Hall–Kier alpha value is -3.88. The third kappa shape index (κ3) is 6.09. The fraction of sp³-hybridized carbons (Fsp3) is 0.469. The molecule has 0 bridgehead atoms. The Morgan fingerprint density at radius 1 is 1.02 bits per heavy atom. The number of alkyl carbamates (subject to hydrolysis) is 1. The summed E-state index contributed by atoms with van der Waals surface area (Å²) in [7, 11) is 0. The fourth-order valence-electron chi connectivity index (χ4n) is 6.20. The Bertz CT molecular complexity index is 1530. The maximum absolute atomic E-state index is 14.3. The molecule has 41 heavy (non-hydrogen) atoms. The number of nitrogens with two attached hydrogens (primary N) is 1. The van der Waals surface area contributed by atoms with Gasteiger partial charge in [-0.25, -0.2) is 9.18 Å². The van der Waals surface area contributed by atoms with E-state index in [1.54, 1.807) is 16.7 Å². The van der Waals surface area contributed by atoms with Gasteiger partial charge in [-0.05, 0) is 94.2 Å². The van der Waals surface area contributed by atoms with Crippen molar-refractivity contribution in [2.45, 2.75) is 90.8 Å². The lowest BCUT2D eigenvalue weighted by molar-refractivity contribution is 0.0491. The first kappa shape index (κ1) is 28.6. The van der Waals surface area contributed by atoms with Crippen LogP contribution in [0, 0.1) is 11.2 Å². The topological polar surface area (TPSA) is 115 Å². The standard InChI is InChI=1S/C32H39FN4O4/c1-31(2,3)41-30(40)36-21-10-8-20(9-11-21)35-24-14-18(6-12-22(24)29(34)39)28-23-13-7-19(33)15-25(23)37-26(28)16-32(4,5)17-27(37)38/h6-7,12-15,20-21,35H,8-11,16-17H2,1-5H3,(H2,34,39)(H,36,40). The number of carbonyl (C=O) groups excluding carboxylic acids is 3. The Kier molecular flexibility index (Phi) is 7.34. The Morgan fingerprint density at radius 3 is 2.37 bits per heavy atom. The van der Waals surface area contributed by atoms with E-state index < -0.39 is 23.4 Å². The first-order valence-electron chi connectivity index (χ1n) is 14.3. The lowest BCUT2D eigenvalue weighted by atomic mass is 9.80. The van der Waals surface area contributed by atoms with Crippen LogP contribution in [0.2, 0.25) is 0 Å². The second kappa shape index (κ2) is 10.5. The van der Waals surface area contributed by atoms with Crippen molar-refractivity contribution < 1.29 is 23.5 Å². The summed E-state index contributed by atoms with van der Waals surface area (Å²) in [4.78, 5) is 37.8. The number of primary amides is 1. The number of aromatic nitrogens is 1. The number of anilines is 1. The summed E-state index contributed by atoms with van der Waals surface area (Å²) in [6, 6.07) is 10.1. The summed E-state index contributed by atoms with van der Waals surface area (Å²) in [5.41, 5.74) is 9.05. The van der Waals surface area contributed by atoms with Crippen LogP contribution in [-0.4, -0.2) is 40.2 Å². The van der Waals surface area contributed by atoms with Gasteiger partial charge in [-0.15, -0.1) is 0 Å². The van der Waals surface area contributed by atoms with Gasteiger partial charge in [0.2, 0.25) is 5.91 Å². The highest BCUT2D eigenvalue weighted by atomic mass is 19.1. The summed E-state index contributed by atoms with van der Waals surface area (Å²) < 4.78 is 21.4. The average Bonchev–Trinajstić information content (AvgIpc) is 3.16. The van der Waals surface area contributed by atoms with Gasteiger partial charge in [-0.2, -0.15) is 0 Å². The van der Waals surface area contributed by atoms with Gasteiger partial charge in [0.25, 0.3) is 5.91 Å². The van der Waals surface area contributed by atoms with Crippen molar-refractivity contribution in [2.75, 3.05) is 5.32 Å². The summed E-state index contributed by atoms with van der Waals surface area (Å²) in [6.45, 7) is 9.63. The van der Waals surface area contributed by atoms with Gasteiger partial charge >= 0.3 is 6.09 Å². The van der Waals surface area contributed by atoms with Crippen molar-refractivity contribution in [2.24, 2.45) is 11.1 Å². The maximum atomic E-state index is 14.3. The molecule has 2 heterocycles. The first-order valence-corrected chi connectivity index (χ1v) is 14.3. The van der Waals surface area contributed by atoms with Crippen LogP contribution in [0.5, 0.6) is 0 Å². The number of fused-ring (bicyclic) bond motifs is 3. The second-order valence-corrected chi connectivity index (χ2v) is 13.2. The number of carbonyl (C=O) groups is 3. The van der Waals surface area contributed by atoms with Crippen LogP contribution < -0.4 is 16.4 Å². The summed E-state index contributed by atoms with van der Waals surface area (Å²) >= 11 is 0. The molecule has 0 saturated heterocycles. The van der Waals surface area contributed by atoms with Crippen molar-refractivity contribution >= 4 is 34.5 Å². The maximum Gasteiger partial charge on any atom is 0.407 e. The number of ether oxygens (including phenoxy) is 1. The largest absolute Gasteiger partial charge is 0.444 e. The fourth-order valence-corrected chi connectivity index (χ4v) is 6.20. The SMILES string of the molecule is CC1(C)CC(=O)n2c(c(-c3ccc(C(N)=O)c(NC4CCC(NC(=O)OC(C)(C)C)CC4)c3)c3ccc(F)cc32)C1. The normalized spacial score (nSPS) is 20.4. The van der Waals surface area contributed by atoms with Gasteiger partial charge in [-0.1, -0.05) is 19.9 Å². The quantitative estimate of drug-likeness (QED) is 0.333. The van der Waals surface area contributed by atoms with Gasteiger partial charge in [0.1, 0.15) is 11.4 Å². The van der Waals surface area contributed by atoms with E-state index in [2.05, 4.69) is 24.5 Å². The van der Waals surface area contributed by atoms with Crippen LogP contribution in [-0.2, 0) is 11.2 Å². The van der Waals surface area contributed by atoms with E-state index in [1.807, 2.05) is 32.9 Å². The zero-order chi connectivity index (χ0) is 29.7. The van der Waals surface area contributed by atoms with Crippen molar-refractivity contribution in [3.05, 3.63) is 53.5 Å². The molecule has 1 aromatic heterocycles. The number of halogens is 1. The number of hydrogen-bond donors (Lipinski definition) is 3. The van der Waals surface area contributed by atoms with Crippen molar-refractivity contribution in [3.8, 4) is 11.1 Å². The first-order chi connectivity index (χ1) is 19.2. The molecule has 0 unspecified atom stereocenters. The molecule has 4 N–H and O–H groups in total. The van der Waals surface area contributed by atoms with Crippen LogP contribution in [0.1, 0.15) is 87.6 Å². The Labute approximate surface area is 239 Å². The molecular formula is C32H39FN4O4. The molecule has 218 valence electrons. The van der Waals surface area contributed by atoms with Crippen LogP contribution >= 0.6 is 0 Å². The van der Waals surface area contributed by atoms with Gasteiger partial charge in [0.05, 0.1) is 11.1 Å². The van der Waals surface area contributed by atoms with E-state index in [-0.39, 0.29) is 23.4 Å². The van der Waals surface area contributed by atoms with Crippen LogP contribution in [0.25, 0.3) is 22.0 Å². The molecule has 5 rings (SSSR count). The highest BCUT2D eigenvalue weighted by molar-refractivity contribution is 6.06. The van der Waals surface area contributed by atoms with E-state index in [9.17, 15) is 18.8 Å². The zero-order valence-electron chi connectivity index (χ0n) is 24.4. The summed E-state index contributed by atoms with van der Waals surface area (Å²) in [5.74, 6) is -0.992. The minimum Gasteiger partial charge on any atom is -0.444 e. The highest BCUT2D eigenvalue weighted by Crippen LogP contribution is 2.43. The predicted octanol–water partition coefficient (Wildman–Crippen LogP) is 6.41.